The maximum Gasteiger partial charge on any atom is 0.250 e. The molecule has 1 aliphatic rings. The van der Waals surface area contributed by atoms with E-state index in [0.29, 0.717) is 68.3 Å². The van der Waals surface area contributed by atoms with Crippen LogP contribution in [-0.2, 0) is 6.42 Å². The lowest BCUT2D eigenvalue weighted by atomic mass is 9.82. The molecular weight excluding hydrogens is 396 g/mol. The summed E-state index contributed by atoms with van der Waals surface area (Å²) >= 11 is 0. The van der Waals surface area contributed by atoms with E-state index in [1.54, 1.807) is 19.1 Å². The molecule has 0 saturated heterocycles. The summed E-state index contributed by atoms with van der Waals surface area (Å²) in [7, 11) is 0. The van der Waals surface area contributed by atoms with Crippen LogP contribution in [-0.4, -0.2) is 22.5 Å². The van der Waals surface area contributed by atoms with Crippen LogP contribution in [0.4, 0.5) is 8.78 Å². The van der Waals surface area contributed by atoms with Crippen molar-refractivity contribution in [1.82, 2.24) is 4.98 Å². The molecular formula is C26H31F2NO2. The lowest BCUT2D eigenvalue weighted by Crippen LogP contribution is -2.31. The van der Waals surface area contributed by atoms with Crippen LogP contribution in [0, 0.1) is 5.92 Å². The summed E-state index contributed by atoms with van der Waals surface area (Å²) in [5, 5.41) is 0. The van der Waals surface area contributed by atoms with Crippen molar-refractivity contribution in [2.24, 2.45) is 5.92 Å². The topological polar surface area (TPSA) is 47.0 Å². The highest BCUT2D eigenvalue weighted by Crippen LogP contribution is 2.41. The monoisotopic (exact) mass is 427 g/mol. The van der Waals surface area contributed by atoms with E-state index < -0.39 is 11.8 Å². The molecule has 1 aromatic heterocycles. The van der Waals surface area contributed by atoms with Gasteiger partial charge in [0.25, 0.3) is 5.92 Å². The predicted molar refractivity (Wildman–Crippen MR) is 118 cm³/mol. The Bertz CT molecular complexity index is 896. The highest BCUT2D eigenvalue weighted by molar-refractivity contribution is 6.00. The third-order valence-electron chi connectivity index (χ3n) is 6.15. The lowest BCUT2D eigenvalue weighted by Gasteiger charge is -2.31. The molecule has 3 rings (SSSR count). The average Bonchev–Trinajstić information content (AvgIpc) is 2.77. The van der Waals surface area contributed by atoms with Gasteiger partial charge in [-0.1, -0.05) is 50.1 Å². The van der Waals surface area contributed by atoms with Crippen LogP contribution in [0.15, 0.2) is 42.5 Å². The number of aromatic nitrogens is 1. The van der Waals surface area contributed by atoms with Crippen molar-refractivity contribution < 1.29 is 18.4 Å². The molecule has 0 radical (unpaired) electrons. The van der Waals surface area contributed by atoms with Crippen LogP contribution in [0.5, 0.6) is 0 Å². The van der Waals surface area contributed by atoms with Crippen molar-refractivity contribution in [1.29, 1.82) is 0 Å². The van der Waals surface area contributed by atoms with Gasteiger partial charge in [0, 0.05) is 42.9 Å². The first kappa shape index (κ1) is 23.2. The van der Waals surface area contributed by atoms with E-state index in [1.807, 2.05) is 30.3 Å². The Labute approximate surface area is 183 Å². The molecule has 0 spiro atoms. The van der Waals surface area contributed by atoms with Crippen LogP contribution in [0.2, 0.25) is 0 Å². The zero-order chi connectivity index (χ0) is 22.3. The summed E-state index contributed by atoms with van der Waals surface area (Å²) in [5.74, 6) is -3.26. The molecule has 0 aliphatic heterocycles. The Balaban J connectivity index is 1.63. The largest absolute Gasteiger partial charge is 0.294 e. The maximum atomic E-state index is 14.0. The first-order valence-electron chi connectivity index (χ1n) is 11.4. The second-order valence-corrected chi connectivity index (χ2v) is 8.54. The van der Waals surface area contributed by atoms with Crippen LogP contribution in [0.1, 0.15) is 96.8 Å². The summed E-state index contributed by atoms with van der Waals surface area (Å²) in [6.07, 6.45) is 4.88. The Morgan fingerprint density at radius 1 is 1.06 bits per heavy atom. The zero-order valence-corrected chi connectivity index (χ0v) is 18.2. The predicted octanol–water partition coefficient (Wildman–Crippen LogP) is 6.83. The van der Waals surface area contributed by atoms with Crippen molar-refractivity contribution in [2.45, 2.75) is 77.1 Å². The highest BCUT2D eigenvalue weighted by atomic mass is 19.3. The molecule has 1 aliphatic carbocycles. The molecule has 1 fully saturated rings. The van der Waals surface area contributed by atoms with E-state index in [2.05, 4.69) is 4.98 Å². The fourth-order valence-electron chi connectivity index (χ4n) is 4.31. The van der Waals surface area contributed by atoms with E-state index in [1.165, 1.54) is 0 Å². The van der Waals surface area contributed by atoms with Crippen LogP contribution in [0.3, 0.4) is 0 Å². The van der Waals surface area contributed by atoms with E-state index in [0.717, 1.165) is 12.0 Å². The number of nitrogens with zero attached hydrogens (tertiary/aromatic N) is 1. The number of carbonyl (C=O) groups excluding carboxylic acids is 2. The second kappa shape index (κ2) is 10.7. The molecule has 1 saturated carbocycles. The fraction of sp³-hybridized carbons (Fsp3) is 0.500. The number of carbonyl (C=O) groups is 2. The third-order valence-corrected chi connectivity index (χ3v) is 6.15. The standard InChI is InChI=1S/C26H31F2NO2/c1-2-24(30)23-18-20(17-22(29-23)16-19-10-4-3-5-11-19)25(31)14-7-6-12-21-13-8-9-15-26(21,27)28/h3-5,10-11,17-18,21H,2,6-9,12-16H2,1H3. The van der Waals surface area contributed by atoms with Gasteiger partial charge in [0.05, 0.1) is 0 Å². The minimum Gasteiger partial charge on any atom is -0.294 e. The number of benzene rings is 1. The minimum atomic E-state index is -2.56. The Morgan fingerprint density at radius 3 is 2.55 bits per heavy atom. The van der Waals surface area contributed by atoms with Gasteiger partial charge in [-0.05, 0) is 43.4 Å². The zero-order valence-electron chi connectivity index (χ0n) is 18.2. The molecule has 1 unspecified atom stereocenters. The van der Waals surface area contributed by atoms with E-state index in [4.69, 9.17) is 0 Å². The molecule has 3 nitrogen and oxygen atoms in total. The number of hydrogen-bond donors (Lipinski definition) is 0. The fourth-order valence-corrected chi connectivity index (χ4v) is 4.31. The molecule has 166 valence electrons. The van der Waals surface area contributed by atoms with Gasteiger partial charge in [0.15, 0.2) is 11.6 Å². The number of halogens is 2. The van der Waals surface area contributed by atoms with Crippen molar-refractivity contribution in [3.63, 3.8) is 0 Å². The Hall–Kier alpha value is -2.43. The quantitative estimate of drug-likeness (QED) is 0.308. The van der Waals surface area contributed by atoms with Gasteiger partial charge in [-0.25, -0.2) is 13.8 Å². The third kappa shape index (κ3) is 6.52. The smallest absolute Gasteiger partial charge is 0.250 e. The number of rotatable bonds is 10. The number of pyridine rings is 1. The van der Waals surface area contributed by atoms with Gasteiger partial charge < -0.3 is 0 Å². The molecule has 1 atom stereocenters. The molecule has 1 aromatic carbocycles. The second-order valence-electron chi connectivity index (χ2n) is 8.54. The van der Waals surface area contributed by atoms with Crippen molar-refractivity contribution >= 4 is 11.6 Å². The van der Waals surface area contributed by atoms with Crippen molar-refractivity contribution in [3.8, 4) is 0 Å². The Kier molecular flexibility index (Phi) is 8.05. The lowest BCUT2D eigenvalue weighted by molar-refractivity contribution is -0.0887. The number of Topliss-reactive ketones (excluding diaryl/α,β-unsaturated/α-hetero) is 2. The van der Waals surface area contributed by atoms with Crippen LogP contribution < -0.4 is 0 Å². The van der Waals surface area contributed by atoms with Gasteiger partial charge in [-0.2, -0.15) is 0 Å². The first-order chi connectivity index (χ1) is 14.9. The Morgan fingerprint density at radius 2 is 1.84 bits per heavy atom. The molecule has 1 heterocycles. The van der Waals surface area contributed by atoms with Gasteiger partial charge in [0.2, 0.25) is 0 Å². The highest BCUT2D eigenvalue weighted by Gasteiger charge is 2.40. The number of unbranched alkanes of at least 4 members (excludes halogenated alkanes) is 1. The van der Waals surface area contributed by atoms with Crippen molar-refractivity contribution in [2.75, 3.05) is 0 Å². The number of hydrogen-bond acceptors (Lipinski definition) is 3. The SMILES string of the molecule is CCC(=O)c1cc(C(=O)CCCCC2CCCCC2(F)F)cc(Cc2ccccc2)n1. The summed E-state index contributed by atoms with van der Waals surface area (Å²) in [4.78, 5) is 29.5. The number of alkyl halides is 2. The van der Waals surface area contributed by atoms with Crippen LogP contribution >= 0.6 is 0 Å². The first-order valence-corrected chi connectivity index (χ1v) is 11.4. The van der Waals surface area contributed by atoms with Gasteiger partial charge in [-0.3, -0.25) is 9.59 Å². The molecule has 5 heteroatoms. The number of ketones is 2. The van der Waals surface area contributed by atoms with Gasteiger partial charge in [-0.15, -0.1) is 0 Å². The normalized spacial score (nSPS) is 18.0. The summed E-state index contributed by atoms with van der Waals surface area (Å²) < 4.78 is 28.0. The van der Waals surface area contributed by atoms with Gasteiger partial charge in [0.1, 0.15) is 5.69 Å². The van der Waals surface area contributed by atoms with Gasteiger partial charge >= 0.3 is 0 Å². The van der Waals surface area contributed by atoms with E-state index in [-0.39, 0.29) is 18.0 Å². The average molecular weight is 428 g/mol. The molecule has 2 aromatic rings. The minimum absolute atomic E-state index is 0.00790. The molecule has 0 bridgehead atoms. The van der Waals surface area contributed by atoms with E-state index in [9.17, 15) is 18.4 Å². The van der Waals surface area contributed by atoms with Crippen LogP contribution in [0.25, 0.3) is 0 Å². The van der Waals surface area contributed by atoms with E-state index >= 15 is 0 Å². The maximum absolute atomic E-state index is 14.0. The molecule has 0 amide bonds. The molecule has 0 N–H and O–H groups in total. The van der Waals surface area contributed by atoms with Crippen molar-refractivity contribution in [3.05, 3.63) is 65.0 Å². The molecule has 31 heavy (non-hydrogen) atoms. The summed E-state index contributed by atoms with van der Waals surface area (Å²) in [5.41, 5.74) is 2.56. The summed E-state index contributed by atoms with van der Waals surface area (Å²) in [6.45, 7) is 1.77. The summed E-state index contributed by atoms with van der Waals surface area (Å²) in [6, 6.07) is 13.1.